The van der Waals surface area contributed by atoms with Crippen molar-refractivity contribution in [3.8, 4) is 0 Å². The lowest BCUT2D eigenvalue weighted by Gasteiger charge is -2.32. The van der Waals surface area contributed by atoms with Crippen molar-refractivity contribution in [1.82, 2.24) is 14.9 Å². The lowest BCUT2D eigenvalue weighted by Crippen LogP contribution is -2.34. The zero-order valence-electron chi connectivity index (χ0n) is 16.0. The topological polar surface area (TPSA) is 61.4 Å². The van der Waals surface area contributed by atoms with Gasteiger partial charge in [0.05, 0.1) is 18.8 Å². The largest absolute Gasteiger partial charge is 0.373 e. The first-order valence-electron chi connectivity index (χ1n) is 9.58. The lowest BCUT2D eigenvalue weighted by molar-refractivity contribution is -0.126. The van der Waals surface area contributed by atoms with Gasteiger partial charge >= 0.3 is 0 Å². The third-order valence-corrected chi connectivity index (χ3v) is 5.61. The first-order chi connectivity index (χ1) is 13.6. The van der Waals surface area contributed by atoms with E-state index in [1.807, 2.05) is 19.2 Å². The number of amides is 1. The highest BCUT2D eigenvalue weighted by Gasteiger charge is 2.29. The molecule has 1 aromatic heterocycles. The molecule has 6 nitrogen and oxygen atoms in total. The second-order valence-electron chi connectivity index (χ2n) is 7.26. The Hall–Kier alpha value is -2.96. The van der Waals surface area contributed by atoms with Crippen molar-refractivity contribution in [3.05, 3.63) is 59.6 Å². The number of nitrogens with zero attached hydrogens (tertiary/aromatic N) is 4. The minimum atomic E-state index is -0.198. The van der Waals surface area contributed by atoms with Crippen LogP contribution in [0.15, 0.2) is 36.9 Å². The molecular formula is C21H24FN5O. The number of carbonyl (C=O) groups excluding carboxylic acids is 1. The standard InChI is InChI=1S/C21H24FN5O/c1-3-19(28)27-12-17-18(13-27)24-21(25-20(17)23-2)26-10-8-15(9-11-26)14-4-6-16(22)7-5-14/h3-7,15H,1,8-13H2,2H3,(H,23,24,25). The number of nitrogens with one attached hydrogen (secondary N) is 1. The molecule has 0 saturated carbocycles. The minimum Gasteiger partial charge on any atom is -0.373 e. The molecule has 0 aliphatic carbocycles. The van der Waals surface area contributed by atoms with E-state index in [0.29, 0.717) is 25.0 Å². The van der Waals surface area contributed by atoms with Crippen molar-refractivity contribution in [1.29, 1.82) is 0 Å². The summed E-state index contributed by atoms with van der Waals surface area (Å²) >= 11 is 0. The number of hydrogen-bond donors (Lipinski definition) is 1. The Bertz CT molecular complexity index is 890. The molecular weight excluding hydrogens is 357 g/mol. The Balaban J connectivity index is 1.49. The van der Waals surface area contributed by atoms with Crippen molar-refractivity contribution < 1.29 is 9.18 Å². The highest BCUT2D eigenvalue weighted by molar-refractivity contribution is 5.87. The number of hydrogen-bond acceptors (Lipinski definition) is 5. The van der Waals surface area contributed by atoms with E-state index in [1.165, 1.54) is 23.8 Å². The van der Waals surface area contributed by atoms with Gasteiger partial charge in [0.25, 0.3) is 0 Å². The molecule has 0 unspecified atom stereocenters. The normalized spacial score (nSPS) is 16.8. The van der Waals surface area contributed by atoms with E-state index in [9.17, 15) is 9.18 Å². The fourth-order valence-electron chi connectivity index (χ4n) is 4.02. The molecule has 1 aromatic carbocycles. The zero-order valence-corrected chi connectivity index (χ0v) is 16.0. The summed E-state index contributed by atoms with van der Waals surface area (Å²) in [4.78, 5) is 25.3. The summed E-state index contributed by atoms with van der Waals surface area (Å²) < 4.78 is 13.2. The maximum atomic E-state index is 13.2. The van der Waals surface area contributed by atoms with Gasteiger partial charge in [-0.15, -0.1) is 0 Å². The Labute approximate surface area is 164 Å². The molecule has 0 spiro atoms. The van der Waals surface area contributed by atoms with Crippen molar-refractivity contribution in [2.75, 3.05) is 30.4 Å². The smallest absolute Gasteiger partial charge is 0.246 e. The Morgan fingerprint density at radius 3 is 2.57 bits per heavy atom. The number of halogens is 1. The summed E-state index contributed by atoms with van der Waals surface area (Å²) in [5, 5.41) is 3.15. The molecule has 2 aromatic rings. The van der Waals surface area contributed by atoms with E-state index >= 15 is 0 Å². The second kappa shape index (κ2) is 7.58. The van der Waals surface area contributed by atoms with Crippen LogP contribution in [0.25, 0.3) is 0 Å². The summed E-state index contributed by atoms with van der Waals surface area (Å²) in [5.41, 5.74) is 3.05. The molecule has 4 rings (SSSR count). The van der Waals surface area contributed by atoms with E-state index in [2.05, 4.69) is 16.8 Å². The number of fused-ring (bicyclic) bond motifs is 1. The third kappa shape index (κ3) is 3.44. The summed E-state index contributed by atoms with van der Waals surface area (Å²) in [5.74, 6) is 1.61. The number of benzene rings is 1. The van der Waals surface area contributed by atoms with Crippen molar-refractivity contribution >= 4 is 17.7 Å². The number of piperidine rings is 1. The van der Waals surface area contributed by atoms with Crippen LogP contribution in [0.4, 0.5) is 16.2 Å². The predicted molar refractivity (Wildman–Crippen MR) is 107 cm³/mol. The van der Waals surface area contributed by atoms with Gasteiger partial charge in [0, 0.05) is 25.7 Å². The van der Waals surface area contributed by atoms with Crippen LogP contribution in [-0.4, -0.2) is 40.9 Å². The highest BCUT2D eigenvalue weighted by Crippen LogP contribution is 2.32. The van der Waals surface area contributed by atoms with E-state index < -0.39 is 0 Å². The molecule has 1 N–H and O–H groups in total. The van der Waals surface area contributed by atoms with Crippen LogP contribution in [0.5, 0.6) is 0 Å². The first kappa shape index (κ1) is 18.4. The molecule has 1 saturated heterocycles. The highest BCUT2D eigenvalue weighted by atomic mass is 19.1. The second-order valence-corrected chi connectivity index (χ2v) is 7.26. The molecule has 0 radical (unpaired) electrons. The molecule has 146 valence electrons. The van der Waals surface area contributed by atoms with Crippen LogP contribution in [0, 0.1) is 5.82 Å². The van der Waals surface area contributed by atoms with Crippen LogP contribution in [0.1, 0.15) is 35.6 Å². The molecule has 28 heavy (non-hydrogen) atoms. The minimum absolute atomic E-state index is 0.0956. The number of carbonyl (C=O) groups is 1. The van der Waals surface area contributed by atoms with Gasteiger partial charge in [0.1, 0.15) is 11.6 Å². The van der Waals surface area contributed by atoms with Gasteiger partial charge in [-0.05, 0) is 42.5 Å². The van der Waals surface area contributed by atoms with E-state index in [1.54, 1.807) is 4.90 Å². The van der Waals surface area contributed by atoms with Crippen LogP contribution < -0.4 is 10.2 Å². The molecule has 1 amide bonds. The first-order valence-corrected chi connectivity index (χ1v) is 9.58. The SMILES string of the molecule is C=CC(=O)N1Cc2nc(N3CCC(c4ccc(F)cc4)CC3)nc(NC)c2C1. The molecule has 2 aliphatic rings. The average molecular weight is 381 g/mol. The molecule has 0 bridgehead atoms. The van der Waals surface area contributed by atoms with E-state index in [4.69, 9.17) is 9.97 Å². The quantitative estimate of drug-likeness (QED) is 0.825. The van der Waals surface area contributed by atoms with E-state index in [0.717, 1.165) is 43.0 Å². The molecule has 7 heteroatoms. The fraction of sp³-hybridized carbons (Fsp3) is 0.381. The fourth-order valence-corrected chi connectivity index (χ4v) is 4.02. The molecule has 2 aliphatic heterocycles. The molecule has 0 atom stereocenters. The average Bonchev–Trinajstić information content (AvgIpc) is 3.17. The van der Waals surface area contributed by atoms with Gasteiger partial charge < -0.3 is 15.1 Å². The predicted octanol–water partition coefficient (Wildman–Crippen LogP) is 3.07. The maximum absolute atomic E-state index is 13.2. The number of aromatic nitrogens is 2. The van der Waals surface area contributed by atoms with Crippen LogP contribution in [-0.2, 0) is 17.9 Å². The zero-order chi connectivity index (χ0) is 19.7. The van der Waals surface area contributed by atoms with E-state index in [-0.39, 0.29) is 11.7 Å². The Morgan fingerprint density at radius 2 is 1.93 bits per heavy atom. The summed E-state index contributed by atoms with van der Waals surface area (Å²) in [6.07, 6.45) is 3.28. The van der Waals surface area contributed by atoms with Crippen molar-refractivity contribution in [2.24, 2.45) is 0 Å². The van der Waals surface area contributed by atoms with Gasteiger partial charge in [-0.1, -0.05) is 18.7 Å². The molecule has 3 heterocycles. The maximum Gasteiger partial charge on any atom is 0.246 e. The van der Waals surface area contributed by atoms with Gasteiger partial charge in [0.2, 0.25) is 11.9 Å². The van der Waals surface area contributed by atoms with Crippen molar-refractivity contribution in [3.63, 3.8) is 0 Å². The third-order valence-electron chi connectivity index (χ3n) is 5.61. The Morgan fingerprint density at radius 1 is 1.21 bits per heavy atom. The van der Waals surface area contributed by atoms with Gasteiger partial charge in [-0.25, -0.2) is 9.37 Å². The van der Waals surface area contributed by atoms with Crippen LogP contribution >= 0.6 is 0 Å². The lowest BCUT2D eigenvalue weighted by atomic mass is 9.89. The Kier molecular flexibility index (Phi) is 4.98. The van der Waals surface area contributed by atoms with Crippen LogP contribution in [0.3, 0.4) is 0 Å². The molecule has 1 fully saturated rings. The van der Waals surface area contributed by atoms with Crippen LogP contribution in [0.2, 0.25) is 0 Å². The van der Waals surface area contributed by atoms with Gasteiger partial charge in [-0.3, -0.25) is 4.79 Å². The summed E-state index contributed by atoms with van der Waals surface area (Å²) in [7, 11) is 1.84. The summed E-state index contributed by atoms with van der Waals surface area (Å²) in [6.45, 7) is 6.25. The van der Waals surface area contributed by atoms with Gasteiger partial charge in [-0.2, -0.15) is 4.98 Å². The monoisotopic (exact) mass is 381 g/mol. The van der Waals surface area contributed by atoms with Gasteiger partial charge in [0.15, 0.2) is 0 Å². The number of anilines is 2. The summed E-state index contributed by atoms with van der Waals surface area (Å²) in [6, 6.07) is 6.82. The van der Waals surface area contributed by atoms with Crippen molar-refractivity contribution in [2.45, 2.75) is 31.8 Å². The number of rotatable bonds is 4.